The number of rotatable bonds is 2. The molecule has 1 aromatic carbocycles. The largest absolute Gasteiger partial charge is 0.472 e. The van der Waals surface area contributed by atoms with Gasteiger partial charge in [0.15, 0.2) is 0 Å². The smallest absolute Gasteiger partial charge is 0.455 e. The van der Waals surface area contributed by atoms with E-state index in [4.69, 9.17) is 10.6 Å². The molecule has 0 heterocycles. The molecule has 1 rings (SSSR count). The molecule has 0 atom stereocenters. The normalized spacial score (nSPS) is 9.00. The highest BCUT2D eigenvalue weighted by atomic mass is 16.4. The van der Waals surface area contributed by atoms with Crippen molar-refractivity contribution in [2.45, 2.75) is 6.92 Å². The Balaban J connectivity index is 3.29. The molecule has 4 nitrogen and oxygen atoms in total. The Morgan fingerprint density at radius 3 is 2.54 bits per heavy atom. The van der Waals surface area contributed by atoms with Crippen LogP contribution in [0.3, 0.4) is 0 Å². The van der Waals surface area contributed by atoms with Crippen molar-refractivity contribution >= 4 is 11.7 Å². The minimum Gasteiger partial charge on any atom is -0.472 e. The molecule has 0 fully saturated rings. The van der Waals surface area contributed by atoms with Crippen molar-refractivity contribution in [1.82, 2.24) is 0 Å². The molecular formula is C9H9N2O2+. The first-order valence-corrected chi connectivity index (χ1v) is 3.70. The Labute approximate surface area is 75.1 Å². The zero-order chi connectivity index (χ0) is 9.84. The van der Waals surface area contributed by atoms with Gasteiger partial charge >= 0.3 is 11.7 Å². The minimum absolute atomic E-state index is 0.224. The van der Waals surface area contributed by atoms with Crippen LogP contribution >= 0.6 is 0 Å². The number of carboxylic acids is 1. The number of benzene rings is 1. The first-order valence-electron chi connectivity index (χ1n) is 3.70. The summed E-state index contributed by atoms with van der Waals surface area (Å²) in [5.41, 5.74) is 7.80. The number of hydrogen-bond donors (Lipinski definition) is 2. The predicted molar refractivity (Wildman–Crippen MR) is 45.9 cm³/mol. The van der Waals surface area contributed by atoms with E-state index in [0.29, 0.717) is 5.56 Å². The van der Waals surface area contributed by atoms with Crippen molar-refractivity contribution < 1.29 is 14.7 Å². The molecule has 0 aliphatic heterocycles. The second-order valence-corrected chi connectivity index (χ2v) is 2.58. The molecular weight excluding hydrogens is 168 g/mol. The number of carboxylic acid groups (broad SMARTS) is 1. The van der Waals surface area contributed by atoms with Gasteiger partial charge in [0, 0.05) is 0 Å². The number of carbonyl (C=O) groups is 1. The van der Waals surface area contributed by atoms with Gasteiger partial charge in [0.1, 0.15) is 0 Å². The van der Waals surface area contributed by atoms with Gasteiger partial charge in [0.2, 0.25) is 0 Å². The third-order valence-corrected chi connectivity index (χ3v) is 1.71. The topological polar surface area (TPSA) is 75.2 Å². The fourth-order valence-electron chi connectivity index (χ4n) is 1.06. The Morgan fingerprint density at radius 1 is 1.46 bits per heavy atom. The molecule has 66 valence electrons. The molecule has 0 bridgehead atoms. The zero-order valence-electron chi connectivity index (χ0n) is 7.11. The van der Waals surface area contributed by atoms with Crippen LogP contribution in [0.4, 0.5) is 0 Å². The third kappa shape index (κ3) is 1.80. The maximum atomic E-state index is 10.6. The van der Waals surface area contributed by atoms with E-state index in [2.05, 4.69) is 4.79 Å². The molecule has 0 radical (unpaired) electrons. The minimum atomic E-state index is -1.18. The monoisotopic (exact) mass is 177 g/mol. The summed E-state index contributed by atoms with van der Waals surface area (Å²) in [6.45, 7) is 1.78. The number of aliphatic carboxylic acids is 1. The summed E-state index contributed by atoms with van der Waals surface area (Å²) in [6, 6.07) is 6.94. The standard InChI is InChI=1S/C9H8N2O2/c1-6-4-2-3-5-7(6)8(11-10)9(12)13/h2-5,10H,1H3/p+1. The van der Waals surface area contributed by atoms with E-state index < -0.39 is 5.97 Å². The van der Waals surface area contributed by atoms with Crippen LogP contribution in [0.25, 0.3) is 0 Å². The average Bonchev–Trinajstić information content (AvgIpc) is 2.09. The Morgan fingerprint density at radius 2 is 2.08 bits per heavy atom. The molecule has 0 amide bonds. The number of hydrogen-bond acceptors (Lipinski definition) is 2. The quantitative estimate of drug-likeness (QED) is 0.403. The fraction of sp³-hybridized carbons (Fsp3) is 0.111. The summed E-state index contributed by atoms with van der Waals surface area (Å²) in [7, 11) is 0. The highest BCUT2D eigenvalue weighted by Gasteiger charge is 2.25. The second kappa shape index (κ2) is 3.65. The lowest BCUT2D eigenvalue weighted by Gasteiger charge is -1.94. The van der Waals surface area contributed by atoms with Crippen molar-refractivity contribution in [3.05, 3.63) is 35.4 Å². The van der Waals surface area contributed by atoms with Crippen LogP contribution in [0.5, 0.6) is 0 Å². The summed E-state index contributed by atoms with van der Waals surface area (Å²) >= 11 is 0. The first-order chi connectivity index (χ1) is 6.16. The number of nitrogens with zero attached hydrogens (tertiary/aromatic N) is 1. The second-order valence-electron chi connectivity index (χ2n) is 2.58. The van der Waals surface area contributed by atoms with Crippen LogP contribution in [0.2, 0.25) is 0 Å². The molecule has 0 aromatic heterocycles. The van der Waals surface area contributed by atoms with Crippen LogP contribution < -0.4 is 0 Å². The molecule has 0 aliphatic rings. The van der Waals surface area contributed by atoms with E-state index >= 15 is 0 Å². The number of nitrogens with one attached hydrogen (secondary N) is 1. The van der Waals surface area contributed by atoms with Gasteiger partial charge in [-0.05, 0) is 18.6 Å². The Hall–Kier alpha value is -1.93. The average molecular weight is 177 g/mol. The van der Waals surface area contributed by atoms with Gasteiger partial charge in [-0.25, -0.2) is 4.79 Å². The lowest BCUT2D eigenvalue weighted by Crippen LogP contribution is -2.16. The van der Waals surface area contributed by atoms with Crippen molar-refractivity contribution in [2.75, 3.05) is 0 Å². The van der Waals surface area contributed by atoms with Crippen LogP contribution in [0, 0.1) is 12.5 Å². The first kappa shape index (κ1) is 9.16. The van der Waals surface area contributed by atoms with Gasteiger partial charge in [-0.3, -0.25) is 0 Å². The summed E-state index contributed by atoms with van der Waals surface area (Å²) in [4.78, 5) is 13.6. The predicted octanol–water partition coefficient (Wildman–Crippen LogP) is 1.11. The molecule has 0 unspecified atom stereocenters. The highest BCUT2D eigenvalue weighted by Crippen LogP contribution is 2.07. The van der Waals surface area contributed by atoms with Crippen molar-refractivity contribution in [2.24, 2.45) is 0 Å². The molecule has 4 heteroatoms. The van der Waals surface area contributed by atoms with Crippen LogP contribution in [-0.4, -0.2) is 21.6 Å². The Kier molecular flexibility index (Phi) is 2.57. The summed E-state index contributed by atoms with van der Waals surface area (Å²) in [6.07, 6.45) is 0. The molecule has 0 aliphatic carbocycles. The van der Waals surface area contributed by atoms with Gasteiger partial charge in [-0.2, -0.15) is 0 Å². The summed E-state index contributed by atoms with van der Waals surface area (Å²) in [5.74, 6) is -1.18. The lowest BCUT2D eigenvalue weighted by atomic mass is 10.0. The molecule has 0 spiro atoms. The molecule has 2 N–H and O–H groups in total. The molecule has 0 saturated heterocycles. The van der Waals surface area contributed by atoms with E-state index in [1.165, 1.54) is 0 Å². The highest BCUT2D eigenvalue weighted by molar-refractivity contribution is 6.40. The van der Waals surface area contributed by atoms with Gasteiger partial charge in [0.05, 0.1) is 15.9 Å². The van der Waals surface area contributed by atoms with E-state index in [-0.39, 0.29) is 5.71 Å². The van der Waals surface area contributed by atoms with Gasteiger partial charge in [-0.15, -0.1) is 0 Å². The van der Waals surface area contributed by atoms with Crippen LogP contribution in [0.15, 0.2) is 24.3 Å². The fourth-order valence-corrected chi connectivity index (χ4v) is 1.06. The maximum absolute atomic E-state index is 10.6. The van der Waals surface area contributed by atoms with E-state index in [1.807, 2.05) is 6.07 Å². The van der Waals surface area contributed by atoms with Gasteiger partial charge < -0.3 is 5.11 Å². The van der Waals surface area contributed by atoms with Crippen LogP contribution in [-0.2, 0) is 4.79 Å². The maximum Gasteiger partial charge on any atom is 0.455 e. The van der Waals surface area contributed by atoms with Crippen LogP contribution in [0.1, 0.15) is 11.1 Å². The zero-order valence-corrected chi connectivity index (χ0v) is 7.11. The molecule has 1 aromatic rings. The van der Waals surface area contributed by atoms with E-state index in [0.717, 1.165) is 5.56 Å². The third-order valence-electron chi connectivity index (χ3n) is 1.71. The van der Waals surface area contributed by atoms with Gasteiger partial charge in [-0.1, -0.05) is 18.2 Å². The lowest BCUT2D eigenvalue weighted by molar-refractivity contribution is -0.147. The van der Waals surface area contributed by atoms with E-state index in [1.54, 1.807) is 25.1 Å². The van der Waals surface area contributed by atoms with Gasteiger partial charge in [0.25, 0.3) is 0 Å². The molecule has 13 heavy (non-hydrogen) atoms. The summed E-state index contributed by atoms with van der Waals surface area (Å²) < 4.78 is 0. The van der Waals surface area contributed by atoms with Crippen molar-refractivity contribution in [1.29, 1.82) is 5.53 Å². The van der Waals surface area contributed by atoms with Crippen molar-refractivity contribution in [3.63, 3.8) is 0 Å². The summed E-state index contributed by atoms with van der Waals surface area (Å²) in [5, 5.41) is 8.70. The number of aryl methyl sites for hydroxylation is 1. The Bertz CT molecular complexity index is 392. The molecule has 0 saturated carbocycles. The van der Waals surface area contributed by atoms with E-state index in [9.17, 15) is 4.79 Å². The SMILES string of the molecule is Cc1ccccc1C(=[N+]=N)C(=O)O. The van der Waals surface area contributed by atoms with Crippen molar-refractivity contribution in [3.8, 4) is 0 Å².